The summed E-state index contributed by atoms with van der Waals surface area (Å²) in [4.78, 5) is 20.9. The van der Waals surface area contributed by atoms with Crippen LogP contribution in [0.2, 0.25) is 0 Å². The zero-order valence-corrected chi connectivity index (χ0v) is 12.0. The molecule has 7 nitrogen and oxygen atoms in total. The molecule has 0 aliphatic carbocycles. The van der Waals surface area contributed by atoms with Gasteiger partial charge in [0.05, 0.1) is 17.2 Å². The molecule has 0 saturated carbocycles. The molecule has 1 aliphatic rings. The first-order valence-electron chi connectivity index (χ1n) is 6.50. The Morgan fingerprint density at radius 2 is 2.40 bits per heavy atom. The molecule has 0 spiro atoms. The van der Waals surface area contributed by atoms with E-state index < -0.39 is 4.92 Å². The Morgan fingerprint density at radius 1 is 1.55 bits per heavy atom. The van der Waals surface area contributed by atoms with Crippen LogP contribution >= 0.6 is 11.3 Å². The number of nitrogens with zero attached hydrogens (tertiary/aromatic N) is 5. The first-order valence-corrected chi connectivity index (χ1v) is 7.31. The van der Waals surface area contributed by atoms with E-state index in [9.17, 15) is 10.1 Å². The average molecular weight is 293 g/mol. The third kappa shape index (κ3) is 2.51. The molecule has 106 valence electrons. The second-order valence-corrected chi connectivity index (χ2v) is 5.88. The number of aromatic nitrogens is 3. The van der Waals surface area contributed by atoms with Gasteiger partial charge in [-0.15, -0.1) is 0 Å². The number of hydrogen-bond acceptors (Lipinski definition) is 6. The van der Waals surface area contributed by atoms with E-state index in [2.05, 4.69) is 20.7 Å². The van der Waals surface area contributed by atoms with Gasteiger partial charge in [-0.3, -0.25) is 10.1 Å². The van der Waals surface area contributed by atoms with Crippen molar-refractivity contribution in [3.63, 3.8) is 0 Å². The van der Waals surface area contributed by atoms with Gasteiger partial charge >= 0.3 is 5.00 Å². The SMILES string of the molecule is CN(Cc1cn2c(n1)CCCC2)c1ncc([N+](=O)[O-])s1. The predicted molar refractivity (Wildman–Crippen MR) is 76.0 cm³/mol. The largest absolute Gasteiger partial charge is 0.345 e. The third-order valence-corrected chi connectivity index (χ3v) is 4.41. The molecule has 0 atom stereocenters. The molecule has 20 heavy (non-hydrogen) atoms. The van der Waals surface area contributed by atoms with E-state index in [0.29, 0.717) is 11.7 Å². The number of rotatable bonds is 4. The van der Waals surface area contributed by atoms with Crippen LogP contribution in [0.4, 0.5) is 10.1 Å². The highest BCUT2D eigenvalue weighted by Crippen LogP contribution is 2.28. The van der Waals surface area contributed by atoms with E-state index in [1.807, 2.05) is 11.9 Å². The standard InChI is InChI=1S/C12H15N5O2S/c1-15(12-13-6-11(20-12)17(18)19)7-9-8-16-5-3-2-4-10(16)14-9/h6,8H,2-5,7H2,1H3. The van der Waals surface area contributed by atoms with Crippen LogP contribution in [0.3, 0.4) is 0 Å². The van der Waals surface area contributed by atoms with Crippen molar-refractivity contribution in [3.8, 4) is 0 Å². The number of aryl methyl sites for hydroxylation is 2. The number of nitro groups is 1. The van der Waals surface area contributed by atoms with Crippen LogP contribution < -0.4 is 4.90 Å². The van der Waals surface area contributed by atoms with Crippen LogP contribution in [0.1, 0.15) is 24.4 Å². The maximum atomic E-state index is 10.7. The van der Waals surface area contributed by atoms with Gasteiger partial charge in [0.15, 0.2) is 5.13 Å². The van der Waals surface area contributed by atoms with Crippen LogP contribution in [-0.4, -0.2) is 26.5 Å². The Balaban J connectivity index is 1.73. The molecule has 3 rings (SSSR count). The van der Waals surface area contributed by atoms with Crippen molar-refractivity contribution in [2.75, 3.05) is 11.9 Å². The maximum Gasteiger partial charge on any atom is 0.345 e. The van der Waals surface area contributed by atoms with Gasteiger partial charge in [-0.1, -0.05) is 0 Å². The van der Waals surface area contributed by atoms with Crippen LogP contribution in [0, 0.1) is 10.1 Å². The molecule has 2 aromatic heterocycles. The second kappa shape index (κ2) is 5.20. The molecule has 3 heterocycles. The van der Waals surface area contributed by atoms with Gasteiger partial charge in [0.2, 0.25) is 0 Å². The van der Waals surface area contributed by atoms with Gasteiger partial charge in [0.1, 0.15) is 12.0 Å². The smallest absolute Gasteiger partial charge is 0.345 e. The predicted octanol–water partition coefficient (Wildman–Crippen LogP) is 2.22. The lowest BCUT2D eigenvalue weighted by molar-refractivity contribution is -0.380. The molecule has 0 amide bonds. The second-order valence-electron chi connectivity index (χ2n) is 4.89. The minimum absolute atomic E-state index is 0.0657. The lowest BCUT2D eigenvalue weighted by Gasteiger charge is -2.13. The van der Waals surface area contributed by atoms with Crippen LogP contribution in [-0.2, 0) is 19.5 Å². The van der Waals surface area contributed by atoms with E-state index in [1.165, 1.54) is 19.0 Å². The summed E-state index contributed by atoms with van der Waals surface area (Å²) in [5.74, 6) is 1.14. The Bertz CT molecular complexity index is 612. The van der Waals surface area contributed by atoms with Crippen molar-refractivity contribution in [2.45, 2.75) is 32.4 Å². The highest BCUT2D eigenvalue weighted by molar-refractivity contribution is 7.18. The van der Waals surface area contributed by atoms with Gasteiger partial charge in [0, 0.05) is 26.2 Å². The molecule has 0 radical (unpaired) electrons. The summed E-state index contributed by atoms with van der Waals surface area (Å²) in [6, 6.07) is 0. The van der Waals surface area contributed by atoms with E-state index in [0.717, 1.165) is 35.8 Å². The van der Waals surface area contributed by atoms with Crippen molar-refractivity contribution in [1.82, 2.24) is 14.5 Å². The lowest BCUT2D eigenvalue weighted by atomic mass is 10.2. The highest BCUT2D eigenvalue weighted by Gasteiger charge is 2.17. The number of imidazole rings is 1. The monoisotopic (exact) mass is 293 g/mol. The lowest BCUT2D eigenvalue weighted by Crippen LogP contribution is -2.16. The quantitative estimate of drug-likeness (QED) is 0.638. The van der Waals surface area contributed by atoms with Crippen molar-refractivity contribution >= 4 is 21.5 Å². The minimum atomic E-state index is -0.412. The van der Waals surface area contributed by atoms with Crippen molar-refractivity contribution in [2.24, 2.45) is 0 Å². The molecule has 1 aliphatic heterocycles. The Hall–Kier alpha value is -1.96. The maximum absolute atomic E-state index is 10.7. The van der Waals surface area contributed by atoms with E-state index >= 15 is 0 Å². The minimum Gasteiger partial charge on any atom is -0.345 e. The third-order valence-electron chi connectivity index (χ3n) is 3.35. The van der Waals surface area contributed by atoms with Gasteiger partial charge in [0.25, 0.3) is 0 Å². The Labute approximate surface area is 120 Å². The first-order chi connectivity index (χ1) is 9.63. The first kappa shape index (κ1) is 13.0. The molecule has 0 aromatic carbocycles. The molecule has 0 unspecified atom stereocenters. The Kier molecular flexibility index (Phi) is 3.39. The topological polar surface area (TPSA) is 77.1 Å². The molecule has 8 heteroatoms. The fraction of sp³-hybridized carbons (Fsp3) is 0.500. The zero-order valence-electron chi connectivity index (χ0n) is 11.2. The van der Waals surface area contributed by atoms with Gasteiger partial charge < -0.3 is 9.47 Å². The number of fused-ring (bicyclic) bond motifs is 1. The molecule has 2 aromatic rings. The van der Waals surface area contributed by atoms with E-state index in [4.69, 9.17) is 0 Å². The van der Waals surface area contributed by atoms with Gasteiger partial charge in [-0.25, -0.2) is 9.97 Å². The van der Waals surface area contributed by atoms with Crippen LogP contribution in [0.5, 0.6) is 0 Å². The molecular weight excluding hydrogens is 278 g/mol. The summed E-state index contributed by atoms with van der Waals surface area (Å²) in [7, 11) is 1.88. The number of thiazole rings is 1. The fourth-order valence-corrected chi connectivity index (χ4v) is 3.07. The molecule has 0 bridgehead atoms. The summed E-state index contributed by atoms with van der Waals surface area (Å²) >= 11 is 1.08. The summed E-state index contributed by atoms with van der Waals surface area (Å²) in [5, 5.41) is 11.4. The summed E-state index contributed by atoms with van der Waals surface area (Å²) in [5.41, 5.74) is 0.988. The van der Waals surface area contributed by atoms with Crippen LogP contribution in [0.15, 0.2) is 12.4 Å². The molecule has 0 N–H and O–H groups in total. The van der Waals surface area contributed by atoms with Gasteiger partial charge in [-0.2, -0.15) is 0 Å². The number of anilines is 1. The molecule has 0 fully saturated rings. The average Bonchev–Trinajstić information content (AvgIpc) is 3.04. The summed E-state index contributed by atoms with van der Waals surface area (Å²) in [6.45, 7) is 1.65. The fourth-order valence-electron chi connectivity index (χ4n) is 2.38. The molecule has 0 saturated heterocycles. The van der Waals surface area contributed by atoms with Crippen LogP contribution in [0.25, 0.3) is 0 Å². The number of hydrogen-bond donors (Lipinski definition) is 0. The van der Waals surface area contributed by atoms with Crippen molar-refractivity contribution < 1.29 is 4.92 Å². The van der Waals surface area contributed by atoms with Gasteiger partial charge in [-0.05, 0) is 24.2 Å². The van der Waals surface area contributed by atoms with Crippen molar-refractivity contribution in [1.29, 1.82) is 0 Å². The van der Waals surface area contributed by atoms with E-state index in [-0.39, 0.29) is 5.00 Å². The normalized spacial score (nSPS) is 14.1. The zero-order chi connectivity index (χ0) is 14.1. The highest BCUT2D eigenvalue weighted by atomic mass is 32.1. The van der Waals surface area contributed by atoms with Crippen molar-refractivity contribution in [3.05, 3.63) is 34.0 Å². The molecular formula is C12H15N5O2S. The van der Waals surface area contributed by atoms with E-state index in [1.54, 1.807) is 0 Å². The summed E-state index contributed by atoms with van der Waals surface area (Å²) < 4.78 is 2.21. The Morgan fingerprint density at radius 3 is 3.10 bits per heavy atom. The summed E-state index contributed by atoms with van der Waals surface area (Å²) in [6.07, 6.45) is 6.82.